The second-order valence-electron chi connectivity index (χ2n) is 6.46. The molecule has 1 N–H and O–H groups in total. The Kier molecular flexibility index (Phi) is 6.65. The van der Waals surface area contributed by atoms with E-state index < -0.39 is 0 Å². The highest BCUT2D eigenvalue weighted by Gasteiger charge is 2.34. The Balaban J connectivity index is 2.69. The summed E-state index contributed by atoms with van der Waals surface area (Å²) in [4.78, 5) is 2.76. The number of hydrogen-bond acceptors (Lipinski definition) is 2. The van der Waals surface area contributed by atoms with Gasteiger partial charge in [-0.3, -0.25) is 4.90 Å². The van der Waals surface area contributed by atoms with Crippen molar-refractivity contribution in [3.8, 4) is 0 Å². The second kappa shape index (κ2) is 7.49. The molecule has 2 heteroatoms. The van der Waals surface area contributed by atoms with Gasteiger partial charge in [0.1, 0.15) is 0 Å². The molecule has 2 nitrogen and oxygen atoms in total. The lowest BCUT2D eigenvalue weighted by molar-refractivity contribution is 0.117. The maximum Gasteiger partial charge on any atom is 0.0306 e. The normalized spacial score (nSPS) is 24.7. The monoisotopic (exact) mass is 254 g/mol. The highest BCUT2D eigenvalue weighted by Crippen LogP contribution is 2.26. The summed E-state index contributed by atoms with van der Waals surface area (Å²) in [5.74, 6) is 0.765. The van der Waals surface area contributed by atoms with Crippen LogP contribution in [0.15, 0.2) is 0 Å². The molecule has 0 aromatic carbocycles. The zero-order valence-corrected chi connectivity index (χ0v) is 13.3. The lowest BCUT2D eigenvalue weighted by Crippen LogP contribution is -2.52. The molecule has 1 rings (SSSR count). The zero-order valence-electron chi connectivity index (χ0n) is 13.3. The first-order valence-electron chi connectivity index (χ1n) is 8.06. The van der Waals surface area contributed by atoms with E-state index in [9.17, 15) is 0 Å². The van der Waals surface area contributed by atoms with E-state index in [-0.39, 0.29) is 0 Å². The third-order valence-corrected chi connectivity index (χ3v) is 4.57. The fourth-order valence-electron chi connectivity index (χ4n) is 3.42. The molecule has 18 heavy (non-hydrogen) atoms. The van der Waals surface area contributed by atoms with Gasteiger partial charge in [0, 0.05) is 24.7 Å². The van der Waals surface area contributed by atoms with Crippen LogP contribution in [0, 0.1) is 5.92 Å². The van der Waals surface area contributed by atoms with E-state index in [2.05, 4.69) is 44.8 Å². The smallest absolute Gasteiger partial charge is 0.0306 e. The summed E-state index contributed by atoms with van der Waals surface area (Å²) in [5, 5.41) is 3.78. The molecule has 1 unspecified atom stereocenters. The van der Waals surface area contributed by atoms with Crippen LogP contribution in [0.5, 0.6) is 0 Å². The van der Waals surface area contributed by atoms with Crippen LogP contribution in [0.4, 0.5) is 0 Å². The molecule has 0 spiro atoms. The SMILES string of the molecule is CCC(CC)N(CC(C)C)CC1(CC)CCCN1. The zero-order chi connectivity index (χ0) is 13.6. The molecule has 0 aromatic heterocycles. The van der Waals surface area contributed by atoms with E-state index >= 15 is 0 Å². The van der Waals surface area contributed by atoms with E-state index in [1.807, 2.05) is 0 Å². The van der Waals surface area contributed by atoms with Crippen molar-refractivity contribution in [1.29, 1.82) is 0 Å². The number of rotatable bonds is 8. The van der Waals surface area contributed by atoms with Gasteiger partial charge in [-0.1, -0.05) is 34.6 Å². The lowest BCUT2D eigenvalue weighted by Gasteiger charge is -2.40. The number of nitrogens with zero attached hydrogens (tertiary/aromatic N) is 1. The summed E-state index contributed by atoms with van der Waals surface area (Å²) in [7, 11) is 0. The van der Waals surface area contributed by atoms with Crippen molar-refractivity contribution in [2.45, 2.75) is 78.3 Å². The minimum Gasteiger partial charge on any atom is -0.310 e. The van der Waals surface area contributed by atoms with Gasteiger partial charge in [0.15, 0.2) is 0 Å². The highest BCUT2D eigenvalue weighted by molar-refractivity contribution is 4.95. The maximum atomic E-state index is 3.78. The van der Waals surface area contributed by atoms with Crippen LogP contribution >= 0.6 is 0 Å². The number of nitrogens with one attached hydrogen (secondary N) is 1. The minimum absolute atomic E-state index is 0.400. The second-order valence-corrected chi connectivity index (χ2v) is 6.46. The average Bonchev–Trinajstić information content (AvgIpc) is 2.79. The molecule has 0 radical (unpaired) electrons. The fraction of sp³-hybridized carbons (Fsp3) is 1.00. The molecule has 1 aliphatic rings. The van der Waals surface area contributed by atoms with Crippen molar-refractivity contribution in [3.63, 3.8) is 0 Å². The lowest BCUT2D eigenvalue weighted by atomic mass is 9.92. The van der Waals surface area contributed by atoms with Crippen LogP contribution < -0.4 is 5.32 Å². The van der Waals surface area contributed by atoms with E-state index in [0.29, 0.717) is 5.54 Å². The van der Waals surface area contributed by atoms with Crippen LogP contribution in [0.25, 0.3) is 0 Å². The van der Waals surface area contributed by atoms with Crippen LogP contribution in [-0.4, -0.2) is 36.1 Å². The first-order chi connectivity index (χ1) is 8.56. The molecule has 1 aliphatic heterocycles. The minimum atomic E-state index is 0.400. The summed E-state index contributed by atoms with van der Waals surface area (Å²) in [6.45, 7) is 15.4. The Morgan fingerprint density at radius 2 is 1.83 bits per heavy atom. The van der Waals surface area contributed by atoms with Crippen LogP contribution in [-0.2, 0) is 0 Å². The van der Waals surface area contributed by atoms with Crippen LogP contribution in [0.2, 0.25) is 0 Å². The van der Waals surface area contributed by atoms with Gasteiger partial charge in [-0.15, -0.1) is 0 Å². The summed E-state index contributed by atoms with van der Waals surface area (Å²) in [5.41, 5.74) is 0.400. The number of hydrogen-bond donors (Lipinski definition) is 1. The van der Waals surface area contributed by atoms with Gasteiger partial charge in [-0.25, -0.2) is 0 Å². The molecule has 1 saturated heterocycles. The Bertz CT molecular complexity index is 215. The predicted octanol–water partition coefficient (Wildman–Crippen LogP) is 3.67. The van der Waals surface area contributed by atoms with Crippen molar-refractivity contribution in [2.75, 3.05) is 19.6 Å². The molecular formula is C16H34N2. The van der Waals surface area contributed by atoms with Gasteiger partial charge < -0.3 is 5.32 Å². The molecular weight excluding hydrogens is 220 g/mol. The molecule has 0 aliphatic carbocycles. The van der Waals surface area contributed by atoms with E-state index in [0.717, 1.165) is 12.0 Å². The predicted molar refractivity (Wildman–Crippen MR) is 81.0 cm³/mol. The Hall–Kier alpha value is -0.0800. The molecule has 0 aromatic rings. The summed E-state index contributed by atoms with van der Waals surface area (Å²) in [6, 6.07) is 0.762. The molecule has 0 amide bonds. The van der Waals surface area contributed by atoms with Gasteiger partial charge in [-0.05, 0) is 44.6 Å². The molecule has 1 atom stereocenters. The Morgan fingerprint density at radius 1 is 1.17 bits per heavy atom. The van der Waals surface area contributed by atoms with Crippen molar-refractivity contribution in [3.05, 3.63) is 0 Å². The molecule has 108 valence electrons. The largest absolute Gasteiger partial charge is 0.310 e. The third-order valence-electron chi connectivity index (χ3n) is 4.57. The van der Waals surface area contributed by atoms with Gasteiger partial charge in [-0.2, -0.15) is 0 Å². The highest BCUT2D eigenvalue weighted by atomic mass is 15.2. The van der Waals surface area contributed by atoms with Gasteiger partial charge in [0.25, 0.3) is 0 Å². The van der Waals surface area contributed by atoms with Gasteiger partial charge in [0.05, 0.1) is 0 Å². The summed E-state index contributed by atoms with van der Waals surface area (Å²) >= 11 is 0. The Labute approximate surface area is 115 Å². The van der Waals surface area contributed by atoms with E-state index in [1.54, 1.807) is 0 Å². The first-order valence-corrected chi connectivity index (χ1v) is 8.06. The fourth-order valence-corrected chi connectivity index (χ4v) is 3.42. The topological polar surface area (TPSA) is 15.3 Å². The standard InChI is InChI=1S/C16H34N2/c1-6-15(7-2)18(12-14(4)5)13-16(8-3)10-9-11-17-16/h14-15,17H,6-13H2,1-5H3. The van der Waals surface area contributed by atoms with Crippen molar-refractivity contribution in [1.82, 2.24) is 10.2 Å². The quantitative estimate of drug-likeness (QED) is 0.711. The molecule has 1 heterocycles. The molecule has 0 bridgehead atoms. The Morgan fingerprint density at radius 3 is 2.22 bits per heavy atom. The van der Waals surface area contributed by atoms with Crippen molar-refractivity contribution < 1.29 is 0 Å². The van der Waals surface area contributed by atoms with Crippen molar-refractivity contribution in [2.24, 2.45) is 5.92 Å². The third kappa shape index (κ3) is 4.24. The summed E-state index contributed by atoms with van der Waals surface area (Å²) < 4.78 is 0. The maximum absolute atomic E-state index is 3.78. The van der Waals surface area contributed by atoms with Gasteiger partial charge in [0.2, 0.25) is 0 Å². The average molecular weight is 254 g/mol. The molecule has 0 saturated carbocycles. The van der Waals surface area contributed by atoms with Crippen LogP contribution in [0.3, 0.4) is 0 Å². The first kappa shape index (κ1) is 16.0. The van der Waals surface area contributed by atoms with E-state index in [1.165, 1.54) is 51.7 Å². The van der Waals surface area contributed by atoms with Gasteiger partial charge >= 0.3 is 0 Å². The molecule has 1 fully saturated rings. The van der Waals surface area contributed by atoms with Crippen molar-refractivity contribution >= 4 is 0 Å². The summed E-state index contributed by atoms with van der Waals surface area (Å²) in [6.07, 6.45) is 6.54. The van der Waals surface area contributed by atoms with Crippen LogP contribution in [0.1, 0.15) is 66.7 Å². The van der Waals surface area contributed by atoms with E-state index in [4.69, 9.17) is 0 Å².